The highest BCUT2D eigenvalue weighted by Gasteiger charge is 2.15. The van der Waals surface area contributed by atoms with Crippen molar-refractivity contribution < 1.29 is 14.2 Å². The molecule has 0 aromatic carbocycles. The smallest absolute Gasteiger partial charge is 0.374 e. The average Bonchev–Trinajstić information content (AvgIpc) is 2.68. The Morgan fingerprint density at radius 3 is 2.81 bits per heavy atom. The van der Waals surface area contributed by atoms with Gasteiger partial charge in [0.15, 0.2) is 0 Å². The van der Waals surface area contributed by atoms with Gasteiger partial charge in [-0.3, -0.25) is 0 Å². The van der Waals surface area contributed by atoms with Gasteiger partial charge in [-0.25, -0.2) is 15.1 Å². The van der Waals surface area contributed by atoms with Gasteiger partial charge < -0.3 is 4.42 Å². The van der Waals surface area contributed by atoms with E-state index in [-0.39, 0.29) is 5.91 Å². The van der Waals surface area contributed by atoms with Gasteiger partial charge in [-0.05, 0) is 37.6 Å². The van der Waals surface area contributed by atoms with Crippen LogP contribution in [0.15, 0.2) is 34.9 Å². The van der Waals surface area contributed by atoms with Crippen molar-refractivity contribution in [1.82, 2.24) is 0 Å². The Labute approximate surface area is 93.3 Å². The summed E-state index contributed by atoms with van der Waals surface area (Å²) in [5.41, 5.74) is 2.08. The lowest BCUT2D eigenvalue weighted by Crippen LogP contribution is -2.21. The molecule has 0 fully saturated rings. The number of hydrogen-bond donors (Lipinski definition) is 1. The van der Waals surface area contributed by atoms with E-state index in [1.165, 1.54) is 6.26 Å². The topological polar surface area (TPSA) is 56.4 Å². The van der Waals surface area contributed by atoms with Crippen LogP contribution in [0.5, 0.6) is 0 Å². The minimum absolute atomic E-state index is 0.258. The number of aromatic nitrogens is 1. The molecule has 2 aromatic rings. The summed E-state index contributed by atoms with van der Waals surface area (Å²) in [6, 6.07) is 7.18. The maximum atomic E-state index is 11.7. The molecule has 2 heterocycles. The molecule has 2 rings (SSSR count). The van der Waals surface area contributed by atoms with Crippen LogP contribution in [0.2, 0.25) is 0 Å². The van der Waals surface area contributed by atoms with E-state index in [9.17, 15) is 4.79 Å². The molecule has 0 unspecified atom stereocenters. The standard InChI is InChI=1S/C12H12N2O2/c1-8-6-9(2)13-11(7-8)14-12(15)10-4-3-5-16-10/h3-7H,1-2H3,(H,13,14,15)/p+1. The fraction of sp³-hybridized carbons (Fsp3) is 0.167. The summed E-state index contributed by atoms with van der Waals surface area (Å²) < 4.78 is 5.00. The number of anilines is 1. The molecule has 0 aliphatic carbocycles. The first kappa shape index (κ1) is 10.4. The number of aromatic amines is 1. The molecule has 0 saturated heterocycles. The molecule has 2 aromatic heterocycles. The minimum Gasteiger partial charge on any atom is -0.457 e. The Morgan fingerprint density at radius 2 is 2.19 bits per heavy atom. The van der Waals surface area contributed by atoms with Crippen molar-refractivity contribution in [2.45, 2.75) is 13.8 Å². The van der Waals surface area contributed by atoms with Crippen LogP contribution in [-0.2, 0) is 0 Å². The molecule has 4 heteroatoms. The predicted octanol–water partition coefficient (Wildman–Crippen LogP) is 1.96. The number of H-pyrrole nitrogens is 1. The number of nitrogens with one attached hydrogen (secondary N) is 2. The van der Waals surface area contributed by atoms with Crippen molar-refractivity contribution in [3.8, 4) is 0 Å². The quantitative estimate of drug-likeness (QED) is 0.836. The highest BCUT2D eigenvalue weighted by atomic mass is 16.3. The average molecular weight is 217 g/mol. The van der Waals surface area contributed by atoms with Gasteiger partial charge in [0.05, 0.1) is 12.0 Å². The van der Waals surface area contributed by atoms with Crippen molar-refractivity contribution in [3.05, 3.63) is 47.5 Å². The molecule has 2 N–H and O–H groups in total. The Kier molecular flexibility index (Phi) is 2.72. The SMILES string of the molecule is Cc1cc(C)[nH+]c(NC(=O)c2ccco2)c1. The molecule has 4 nitrogen and oxygen atoms in total. The summed E-state index contributed by atoms with van der Waals surface area (Å²) in [6.07, 6.45) is 1.47. The summed E-state index contributed by atoms with van der Waals surface area (Å²) in [5.74, 6) is 0.706. The molecule has 1 amide bonds. The largest absolute Gasteiger partial charge is 0.457 e. The molecule has 0 spiro atoms. The minimum atomic E-state index is -0.258. The lowest BCUT2D eigenvalue weighted by atomic mass is 10.2. The molecular weight excluding hydrogens is 204 g/mol. The van der Waals surface area contributed by atoms with Crippen LogP contribution in [0.3, 0.4) is 0 Å². The first-order valence-electron chi connectivity index (χ1n) is 5.00. The van der Waals surface area contributed by atoms with E-state index in [0.29, 0.717) is 11.6 Å². The van der Waals surface area contributed by atoms with Crippen LogP contribution in [0.4, 0.5) is 5.82 Å². The summed E-state index contributed by atoms with van der Waals surface area (Å²) in [5, 5.41) is 2.74. The number of pyridine rings is 1. The van der Waals surface area contributed by atoms with E-state index in [2.05, 4.69) is 10.3 Å². The van der Waals surface area contributed by atoms with Crippen LogP contribution >= 0.6 is 0 Å². The molecule has 0 atom stereocenters. The van der Waals surface area contributed by atoms with Crippen molar-refractivity contribution in [2.24, 2.45) is 0 Å². The predicted molar refractivity (Wildman–Crippen MR) is 59.1 cm³/mol. The Hall–Kier alpha value is -2.10. The molecule has 82 valence electrons. The highest BCUT2D eigenvalue weighted by Crippen LogP contribution is 2.07. The molecule has 0 radical (unpaired) electrons. The highest BCUT2D eigenvalue weighted by molar-refractivity contribution is 6.01. The van der Waals surface area contributed by atoms with E-state index >= 15 is 0 Å². The zero-order valence-corrected chi connectivity index (χ0v) is 9.20. The fourth-order valence-electron chi connectivity index (χ4n) is 1.55. The van der Waals surface area contributed by atoms with Crippen LogP contribution in [0, 0.1) is 13.8 Å². The lowest BCUT2D eigenvalue weighted by molar-refractivity contribution is -0.370. The Bertz CT molecular complexity index is 483. The third-order valence-corrected chi connectivity index (χ3v) is 2.14. The molecule has 16 heavy (non-hydrogen) atoms. The second kappa shape index (κ2) is 4.18. The number of carbonyl (C=O) groups excluding carboxylic acids is 1. The van der Waals surface area contributed by atoms with Gasteiger partial charge >= 0.3 is 5.91 Å². The van der Waals surface area contributed by atoms with Gasteiger partial charge in [0.2, 0.25) is 5.76 Å². The number of amides is 1. The molecule has 0 aliphatic heterocycles. The van der Waals surface area contributed by atoms with Crippen molar-refractivity contribution in [2.75, 3.05) is 5.32 Å². The number of furan rings is 1. The third kappa shape index (κ3) is 2.28. The van der Waals surface area contributed by atoms with Crippen LogP contribution in [0.25, 0.3) is 0 Å². The van der Waals surface area contributed by atoms with Crippen molar-refractivity contribution in [3.63, 3.8) is 0 Å². The van der Waals surface area contributed by atoms with Gasteiger partial charge in [0.25, 0.3) is 5.82 Å². The van der Waals surface area contributed by atoms with E-state index < -0.39 is 0 Å². The van der Waals surface area contributed by atoms with E-state index in [4.69, 9.17) is 4.42 Å². The van der Waals surface area contributed by atoms with E-state index in [0.717, 1.165) is 11.3 Å². The lowest BCUT2D eigenvalue weighted by Gasteiger charge is -1.98. The zero-order valence-electron chi connectivity index (χ0n) is 9.20. The monoisotopic (exact) mass is 217 g/mol. The number of rotatable bonds is 2. The summed E-state index contributed by atoms with van der Waals surface area (Å²) in [6.45, 7) is 3.92. The molecule has 0 saturated carbocycles. The van der Waals surface area contributed by atoms with E-state index in [1.807, 2.05) is 26.0 Å². The molecule has 0 bridgehead atoms. The summed E-state index contributed by atoms with van der Waals surface area (Å²) >= 11 is 0. The summed E-state index contributed by atoms with van der Waals surface area (Å²) in [7, 11) is 0. The zero-order chi connectivity index (χ0) is 11.5. The number of aryl methyl sites for hydroxylation is 2. The van der Waals surface area contributed by atoms with Gasteiger partial charge in [-0.1, -0.05) is 0 Å². The van der Waals surface area contributed by atoms with Gasteiger partial charge in [0, 0.05) is 6.07 Å². The molecular formula is C12H13N2O2+. The van der Waals surface area contributed by atoms with Gasteiger partial charge in [-0.2, -0.15) is 0 Å². The number of hydrogen-bond acceptors (Lipinski definition) is 2. The van der Waals surface area contributed by atoms with Crippen LogP contribution in [-0.4, -0.2) is 5.91 Å². The molecule has 0 aliphatic rings. The third-order valence-electron chi connectivity index (χ3n) is 2.14. The van der Waals surface area contributed by atoms with Gasteiger partial charge in [-0.15, -0.1) is 0 Å². The first-order valence-corrected chi connectivity index (χ1v) is 5.00. The van der Waals surface area contributed by atoms with Crippen molar-refractivity contribution >= 4 is 11.7 Å². The normalized spacial score (nSPS) is 10.1. The van der Waals surface area contributed by atoms with Crippen LogP contribution < -0.4 is 10.3 Å². The van der Waals surface area contributed by atoms with Crippen molar-refractivity contribution in [1.29, 1.82) is 0 Å². The fourth-order valence-corrected chi connectivity index (χ4v) is 1.55. The van der Waals surface area contributed by atoms with E-state index in [1.54, 1.807) is 12.1 Å². The number of carbonyl (C=O) groups is 1. The maximum Gasteiger partial charge on any atom is 0.374 e. The van der Waals surface area contributed by atoms with Gasteiger partial charge in [0.1, 0.15) is 0 Å². The Morgan fingerprint density at radius 1 is 1.38 bits per heavy atom. The summed E-state index contributed by atoms with van der Waals surface area (Å²) in [4.78, 5) is 14.7. The second-order valence-electron chi connectivity index (χ2n) is 3.69. The Balaban J connectivity index is 2.18. The first-order chi connectivity index (χ1) is 7.65. The second-order valence-corrected chi connectivity index (χ2v) is 3.69. The van der Waals surface area contributed by atoms with Crippen LogP contribution in [0.1, 0.15) is 21.8 Å². The maximum absolute atomic E-state index is 11.7.